The Morgan fingerprint density at radius 3 is 2.86 bits per heavy atom. The summed E-state index contributed by atoms with van der Waals surface area (Å²) < 4.78 is 4.72. The molecule has 1 heterocycles. The first-order valence-corrected chi connectivity index (χ1v) is 5.23. The van der Waals surface area contributed by atoms with E-state index in [0.29, 0.717) is 12.0 Å². The van der Waals surface area contributed by atoms with Gasteiger partial charge in [0.1, 0.15) is 0 Å². The molecule has 1 amide bonds. The lowest BCUT2D eigenvalue weighted by Crippen LogP contribution is -2.50. The number of carbonyl (C=O) groups is 1. The van der Waals surface area contributed by atoms with Crippen molar-refractivity contribution >= 4 is 6.09 Å². The number of hydrogen-bond acceptors (Lipinski definition) is 3. The molecule has 82 valence electrons. The van der Waals surface area contributed by atoms with Crippen LogP contribution in [0.4, 0.5) is 4.79 Å². The van der Waals surface area contributed by atoms with Gasteiger partial charge in [0.2, 0.25) is 0 Å². The number of likely N-dealkylation sites (N-methyl/N-ethyl adjacent to an activating group) is 1. The molecule has 0 spiro atoms. The van der Waals surface area contributed by atoms with Crippen LogP contribution < -0.4 is 5.32 Å². The zero-order valence-electron chi connectivity index (χ0n) is 9.25. The minimum Gasteiger partial charge on any atom is -0.453 e. The van der Waals surface area contributed by atoms with Crippen molar-refractivity contribution < 1.29 is 9.53 Å². The fourth-order valence-corrected chi connectivity index (χ4v) is 2.07. The third-order valence-electron chi connectivity index (χ3n) is 2.59. The average molecular weight is 200 g/mol. The van der Waals surface area contributed by atoms with Gasteiger partial charge in [-0.1, -0.05) is 13.8 Å². The fourth-order valence-electron chi connectivity index (χ4n) is 2.07. The molecule has 1 fully saturated rings. The lowest BCUT2D eigenvalue weighted by Gasteiger charge is -2.35. The largest absolute Gasteiger partial charge is 0.453 e. The maximum Gasteiger partial charge on any atom is 0.409 e. The van der Waals surface area contributed by atoms with Gasteiger partial charge in [0.15, 0.2) is 0 Å². The van der Waals surface area contributed by atoms with Crippen LogP contribution in [0.5, 0.6) is 0 Å². The molecule has 0 aromatic rings. The van der Waals surface area contributed by atoms with E-state index in [9.17, 15) is 4.79 Å². The van der Waals surface area contributed by atoms with Gasteiger partial charge in [-0.3, -0.25) is 0 Å². The van der Waals surface area contributed by atoms with Crippen LogP contribution in [-0.2, 0) is 4.74 Å². The topological polar surface area (TPSA) is 41.6 Å². The van der Waals surface area contributed by atoms with Crippen LogP contribution in [0.25, 0.3) is 0 Å². The summed E-state index contributed by atoms with van der Waals surface area (Å²) in [6.45, 7) is 6.78. The van der Waals surface area contributed by atoms with Crippen LogP contribution >= 0.6 is 0 Å². The summed E-state index contributed by atoms with van der Waals surface area (Å²) in [7, 11) is 1.43. The molecule has 1 aliphatic heterocycles. The number of nitrogens with one attached hydrogen (secondary N) is 1. The van der Waals surface area contributed by atoms with Crippen molar-refractivity contribution in [3.63, 3.8) is 0 Å². The number of rotatable bonds is 2. The number of likely N-dealkylation sites (tertiary alicyclic amines) is 1. The normalized spacial score (nSPS) is 27.5. The number of hydrogen-bond donors (Lipinski definition) is 1. The number of methoxy groups -OCH3 is 1. The molecule has 0 aliphatic carbocycles. The summed E-state index contributed by atoms with van der Waals surface area (Å²) in [4.78, 5) is 13.1. The Morgan fingerprint density at radius 1 is 1.57 bits per heavy atom. The molecule has 0 aromatic heterocycles. The van der Waals surface area contributed by atoms with E-state index in [1.54, 1.807) is 4.90 Å². The SMILES string of the molecule is CCNC1CC(C)CN(C(=O)OC)C1. The molecule has 4 nitrogen and oxygen atoms in total. The van der Waals surface area contributed by atoms with Gasteiger partial charge in [0, 0.05) is 19.1 Å². The van der Waals surface area contributed by atoms with Gasteiger partial charge < -0.3 is 15.0 Å². The van der Waals surface area contributed by atoms with Gasteiger partial charge in [-0.15, -0.1) is 0 Å². The summed E-state index contributed by atoms with van der Waals surface area (Å²) in [5.41, 5.74) is 0. The predicted octanol–water partition coefficient (Wildman–Crippen LogP) is 1.07. The van der Waals surface area contributed by atoms with Crippen LogP contribution in [-0.4, -0.2) is 43.8 Å². The first-order valence-electron chi connectivity index (χ1n) is 5.23. The van der Waals surface area contributed by atoms with E-state index in [1.165, 1.54) is 7.11 Å². The number of piperidine rings is 1. The Morgan fingerprint density at radius 2 is 2.29 bits per heavy atom. The highest BCUT2D eigenvalue weighted by Crippen LogP contribution is 2.16. The van der Waals surface area contributed by atoms with Gasteiger partial charge in [-0.05, 0) is 18.9 Å². The average Bonchev–Trinajstić information content (AvgIpc) is 2.16. The van der Waals surface area contributed by atoms with E-state index in [-0.39, 0.29) is 6.09 Å². The van der Waals surface area contributed by atoms with Crippen molar-refractivity contribution in [2.24, 2.45) is 5.92 Å². The number of carbonyl (C=O) groups excluding carboxylic acids is 1. The highest BCUT2D eigenvalue weighted by molar-refractivity contribution is 5.67. The molecule has 2 unspecified atom stereocenters. The molecular weight excluding hydrogens is 180 g/mol. The summed E-state index contributed by atoms with van der Waals surface area (Å²) in [5.74, 6) is 0.548. The smallest absolute Gasteiger partial charge is 0.409 e. The van der Waals surface area contributed by atoms with Gasteiger partial charge in [-0.25, -0.2) is 4.79 Å². The van der Waals surface area contributed by atoms with E-state index in [4.69, 9.17) is 4.74 Å². The first kappa shape index (κ1) is 11.3. The quantitative estimate of drug-likeness (QED) is 0.725. The van der Waals surface area contributed by atoms with Crippen LogP contribution in [0.15, 0.2) is 0 Å². The maximum absolute atomic E-state index is 11.3. The highest BCUT2D eigenvalue weighted by atomic mass is 16.5. The van der Waals surface area contributed by atoms with Crippen molar-refractivity contribution in [2.75, 3.05) is 26.7 Å². The van der Waals surface area contributed by atoms with E-state index in [1.807, 2.05) is 0 Å². The van der Waals surface area contributed by atoms with Gasteiger partial charge in [0.05, 0.1) is 7.11 Å². The standard InChI is InChI=1S/C10H20N2O2/c1-4-11-9-5-8(2)6-12(7-9)10(13)14-3/h8-9,11H,4-7H2,1-3H3. The Labute approximate surface area is 85.6 Å². The number of nitrogens with zero attached hydrogens (tertiary/aromatic N) is 1. The van der Waals surface area contributed by atoms with Crippen molar-refractivity contribution in [3.05, 3.63) is 0 Å². The molecule has 0 radical (unpaired) electrons. The number of amides is 1. The fraction of sp³-hybridized carbons (Fsp3) is 0.900. The second kappa shape index (κ2) is 5.20. The van der Waals surface area contributed by atoms with Gasteiger partial charge >= 0.3 is 6.09 Å². The van der Waals surface area contributed by atoms with E-state index >= 15 is 0 Å². The summed E-state index contributed by atoms with van der Waals surface area (Å²) in [6, 6.07) is 0.419. The Kier molecular flexibility index (Phi) is 4.20. The second-order valence-corrected chi connectivity index (χ2v) is 3.97. The lowest BCUT2D eigenvalue weighted by molar-refractivity contribution is 0.0943. The van der Waals surface area contributed by atoms with E-state index < -0.39 is 0 Å². The monoisotopic (exact) mass is 200 g/mol. The molecule has 2 atom stereocenters. The zero-order valence-corrected chi connectivity index (χ0v) is 9.25. The lowest BCUT2D eigenvalue weighted by atomic mass is 9.96. The van der Waals surface area contributed by atoms with Crippen molar-refractivity contribution in [1.82, 2.24) is 10.2 Å². The third-order valence-corrected chi connectivity index (χ3v) is 2.59. The maximum atomic E-state index is 11.3. The van der Waals surface area contributed by atoms with Crippen molar-refractivity contribution in [1.29, 1.82) is 0 Å². The zero-order chi connectivity index (χ0) is 10.6. The molecule has 1 saturated heterocycles. The molecule has 0 bridgehead atoms. The number of ether oxygens (including phenoxy) is 1. The molecule has 0 saturated carbocycles. The second-order valence-electron chi connectivity index (χ2n) is 3.97. The van der Waals surface area contributed by atoms with Crippen LogP contribution in [0.1, 0.15) is 20.3 Å². The predicted molar refractivity (Wildman–Crippen MR) is 55.2 cm³/mol. The third kappa shape index (κ3) is 2.87. The van der Waals surface area contributed by atoms with Crippen LogP contribution in [0.2, 0.25) is 0 Å². The molecule has 1 N–H and O–H groups in total. The van der Waals surface area contributed by atoms with Crippen LogP contribution in [0.3, 0.4) is 0 Å². The van der Waals surface area contributed by atoms with Crippen molar-refractivity contribution in [3.8, 4) is 0 Å². The summed E-state index contributed by atoms with van der Waals surface area (Å²) in [6.07, 6.45) is 0.931. The van der Waals surface area contributed by atoms with E-state index in [2.05, 4.69) is 19.2 Å². The first-order chi connectivity index (χ1) is 6.67. The highest BCUT2D eigenvalue weighted by Gasteiger charge is 2.27. The summed E-state index contributed by atoms with van der Waals surface area (Å²) in [5, 5.41) is 3.37. The van der Waals surface area contributed by atoms with Crippen molar-refractivity contribution in [2.45, 2.75) is 26.3 Å². The summed E-state index contributed by atoms with van der Waals surface area (Å²) >= 11 is 0. The Hall–Kier alpha value is -0.770. The molecule has 1 rings (SSSR count). The Bertz CT molecular complexity index is 197. The minimum atomic E-state index is -0.209. The van der Waals surface area contributed by atoms with Gasteiger partial charge in [-0.2, -0.15) is 0 Å². The van der Waals surface area contributed by atoms with Gasteiger partial charge in [0.25, 0.3) is 0 Å². The molecule has 4 heteroatoms. The van der Waals surface area contributed by atoms with E-state index in [0.717, 1.165) is 26.1 Å². The Balaban J connectivity index is 2.49. The molecular formula is C10H20N2O2. The molecule has 14 heavy (non-hydrogen) atoms. The minimum absolute atomic E-state index is 0.209. The van der Waals surface area contributed by atoms with Crippen LogP contribution in [0, 0.1) is 5.92 Å². The molecule has 0 aromatic carbocycles. The molecule has 1 aliphatic rings.